The number of nitrogens with one attached hydrogen (secondary N) is 2. The Morgan fingerprint density at radius 3 is 2.12 bits per heavy atom. The van der Waals surface area contributed by atoms with Crippen LogP contribution in [-0.4, -0.2) is 14.3 Å². The molecule has 0 radical (unpaired) electrons. The molecule has 6 nitrogen and oxygen atoms in total. The molecule has 2 N–H and O–H groups in total. The zero-order chi connectivity index (χ0) is 23.3. The van der Waals surface area contributed by atoms with E-state index in [9.17, 15) is 13.2 Å². The Morgan fingerprint density at radius 2 is 1.39 bits per heavy atom. The van der Waals surface area contributed by atoms with E-state index in [4.69, 9.17) is 4.74 Å². The summed E-state index contributed by atoms with van der Waals surface area (Å²) < 4.78 is 33.9. The predicted molar refractivity (Wildman–Crippen MR) is 129 cm³/mol. The molecule has 0 aliphatic carbocycles. The van der Waals surface area contributed by atoms with Gasteiger partial charge >= 0.3 is 0 Å². The molecule has 7 heteroatoms. The summed E-state index contributed by atoms with van der Waals surface area (Å²) >= 11 is 0. The van der Waals surface area contributed by atoms with E-state index in [2.05, 4.69) is 10.0 Å². The van der Waals surface area contributed by atoms with Gasteiger partial charge in [0.05, 0.1) is 16.3 Å². The number of carbonyl (C=O) groups is 1. The molecule has 0 aliphatic heterocycles. The number of amides is 1. The Hall–Kier alpha value is -4.10. The van der Waals surface area contributed by atoms with E-state index < -0.39 is 10.0 Å². The molecule has 4 aromatic rings. The molecule has 0 saturated heterocycles. The van der Waals surface area contributed by atoms with Gasteiger partial charge < -0.3 is 10.1 Å². The summed E-state index contributed by atoms with van der Waals surface area (Å²) in [5.74, 6) is 0.751. The molecule has 0 fully saturated rings. The average molecular weight is 459 g/mol. The van der Waals surface area contributed by atoms with Gasteiger partial charge in [-0.15, -0.1) is 0 Å². The Balaban J connectivity index is 1.56. The fraction of sp³-hybridized carbons (Fsp3) is 0.0385. The molecular weight excluding hydrogens is 436 g/mol. The van der Waals surface area contributed by atoms with E-state index in [1.54, 1.807) is 55.5 Å². The number of aryl methyl sites for hydroxylation is 1. The minimum atomic E-state index is -3.78. The molecule has 0 saturated carbocycles. The summed E-state index contributed by atoms with van der Waals surface area (Å²) in [6.07, 6.45) is 0. The van der Waals surface area contributed by atoms with Gasteiger partial charge in [0.25, 0.3) is 15.9 Å². The maximum absolute atomic E-state index is 13.0. The van der Waals surface area contributed by atoms with Gasteiger partial charge in [0, 0.05) is 5.56 Å². The number of carbonyl (C=O) groups excluding carboxylic acids is 1. The highest BCUT2D eigenvalue weighted by molar-refractivity contribution is 7.92. The highest BCUT2D eigenvalue weighted by Crippen LogP contribution is 2.30. The van der Waals surface area contributed by atoms with Crippen LogP contribution >= 0.6 is 0 Å². The van der Waals surface area contributed by atoms with Crippen molar-refractivity contribution in [3.63, 3.8) is 0 Å². The van der Waals surface area contributed by atoms with Crippen LogP contribution in [0.25, 0.3) is 0 Å². The zero-order valence-corrected chi connectivity index (χ0v) is 18.7. The molecule has 0 bridgehead atoms. The normalized spacial score (nSPS) is 10.9. The lowest BCUT2D eigenvalue weighted by atomic mass is 10.1. The number of anilines is 2. The van der Waals surface area contributed by atoms with E-state index in [1.807, 2.05) is 36.4 Å². The van der Waals surface area contributed by atoms with Gasteiger partial charge in [-0.05, 0) is 61.0 Å². The monoisotopic (exact) mass is 458 g/mol. The second kappa shape index (κ2) is 9.58. The third-order valence-electron chi connectivity index (χ3n) is 4.90. The molecule has 0 aliphatic rings. The SMILES string of the molecule is Cc1ccc(C(=O)Nc2ccccc2Oc2ccccc2)cc1NS(=O)(=O)c1ccccc1. The number of ether oxygens (including phenoxy) is 1. The topological polar surface area (TPSA) is 84.5 Å². The molecule has 0 spiro atoms. The minimum absolute atomic E-state index is 0.145. The third-order valence-corrected chi connectivity index (χ3v) is 6.29. The van der Waals surface area contributed by atoms with Crippen LogP contribution in [0.3, 0.4) is 0 Å². The van der Waals surface area contributed by atoms with E-state index in [0.29, 0.717) is 34.0 Å². The van der Waals surface area contributed by atoms with Crippen molar-refractivity contribution < 1.29 is 17.9 Å². The maximum atomic E-state index is 13.0. The lowest BCUT2D eigenvalue weighted by molar-refractivity contribution is 0.102. The number of para-hydroxylation sites is 3. The number of hydrogen-bond donors (Lipinski definition) is 2. The van der Waals surface area contributed by atoms with E-state index in [0.717, 1.165) is 0 Å². The first kappa shape index (κ1) is 22.1. The zero-order valence-electron chi connectivity index (χ0n) is 17.9. The molecule has 166 valence electrons. The molecule has 0 atom stereocenters. The Labute approximate surface area is 192 Å². The first-order valence-electron chi connectivity index (χ1n) is 10.2. The summed E-state index contributed by atoms with van der Waals surface area (Å²) in [5.41, 5.74) is 1.83. The Kier molecular flexibility index (Phi) is 6.42. The minimum Gasteiger partial charge on any atom is -0.455 e. The van der Waals surface area contributed by atoms with Crippen molar-refractivity contribution in [2.75, 3.05) is 10.0 Å². The smallest absolute Gasteiger partial charge is 0.261 e. The van der Waals surface area contributed by atoms with Crippen molar-refractivity contribution in [3.05, 3.63) is 114 Å². The second-order valence-electron chi connectivity index (χ2n) is 7.31. The quantitative estimate of drug-likeness (QED) is 0.364. The summed E-state index contributed by atoms with van der Waals surface area (Å²) in [6.45, 7) is 1.77. The van der Waals surface area contributed by atoms with Crippen molar-refractivity contribution in [1.82, 2.24) is 0 Å². The van der Waals surface area contributed by atoms with Crippen LogP contribution in [0, 0.1) is 6.92 Å². The highest BCUT2D eigenvalue weighted by atomic mass is 32.2. The molecule has 4 aromatic carbocycles. The summed E-state index contributed by atoms with van der Waals surface area (Å²) in [7, 11) is -3.78. The molecule has 0 heterocycles. The van der Waals surface area contributed by atoms with Crippen molar-refractivity contribution in [2.45, 2.75) is 11.8 Å². The largest absolute Gasteiger partial charge is 0.455 e. The Morgan fingerprint density at radius 1 is 0.758 bits per heavy atom. The van der Waals surface area contributed by atoms with Crippen molar-refractivity contribution in [3.8, 4) is 11.5 Å². The summed E-state index contributed by atoms with van der Waals surface area (Å²) in [6, 6.07) is 29.3. The van der Waals surface area contributed by atoms with Crippen LogP contribution in [0.2, 0.25) is 0 Å². The van der Waals surface area contributed by atoms with Crippen LogP contribution in [0.1, 0.15) is 15.9 Å². The maximum Gasteiger partial charge on any atom is 0.261 e. The lowest BCUT2D eigenvalue weighted by Gasteiger charge is -2.14. The molecule has 4 rings (SSSR count). The second-order valence-corrected chi connectivity index (χ2v) is 9.00. The predicted octanol–water partition coefficient (Wildman–Crippen LogP) is 5.84. The van der Waals surface area contributed by atoms with Crippen LogP contribution in [0.15, 0.2) is 108 Å². The van der Waals surface area contributed by atoms with Gasteiger partial charge in [0.15, 0.2) is 5.75 Å². The Bertz CT molecular complexity index is 1370. The molecule has 33 heavy (non-hydrogen) atoms. The number of hydrogen-bond acceptors (Lipinski definition) is 4. The van der Waals surface area contributed by atoms with Gasteiger partial charge in [-0.1, -0.05) is 54.6 Å². The highest BCUT2D eigenvalue weighted by Gasteiger charge is 2.17. The fourth-order valence-electron chi connectivity index (χ4n) is 3.15. The lowest BCUT2D eigenvalue weighted by Crippen LogP contribution is -2.16. The van der Waals surface area contributed by atoms with Crippen molar-refractivity contribution in [1.29, 1.82) is 0 Å². The fourth-order valence-corrected chi connectivity index (χ4v) is 4.29. The van der Waals surface area contributed by atoms with Gasteiger partial charge in [0.1, 0.15) is 5.75 Å². The van der Waals surface area contributed by atoms with Gasteiger partial charge in [-0.25, -0.2) is 8.42 Å². The van der Waals surface area contributed by atoms with Gasteiger partial charge in [-0.2, -0.15) is 0 Å². The summed E-state index contributed by atoms with van der Waals surface area (Å²) in [4.78, 5) is 13.1. The standard InChI is InChI=1S/C26H22N2O4S/c1-19-16-17-20(18-24(19)28-33(30,31)22-12-6-3-7-13-22)26(29)27-23-14-8-9-15-25(23)32-21-10-4-2-5-11-21/h2-18,28H,1H3,(H,27,29). The molecular formula is C26H22N2O4S. The van der Waals surface area contributed by atoms with Crippen molar-refractivity contribution >= 4 is 27.3 Å². The van der Waals surface area contributed by atoms with Crippen molar-refractivity contribution in [2.24, 2.45) is 0 Å². The van der Waals surface area contributed by atoms with Crippen LogP contribution in [0.5, 0.6) is 11.5 Å². The number of benzene rings is 4. The number of sulfonamides is 1. The van der Waals surface area contributed by atoms with Crippen LogP contribution in [0.4, 0.5) is 11.4 Å². The molecule has 1 amide bonds. The van der Waals surface area contributed by atoms with E-state index in [1.165, 1.54) is 18.2 Å². The molecule has 0 unspecified atom stereocenters. The summed E-state index contributed by atoms with van der Waals surface area (Å²) in [5, 5.41) is 2.85. The van der Waals surface area contributed by atoms with E-state index >= 15 is 0 Å². The average Bonchev–Trinajstić information content (AvgIpc) is 2.83. The first-order chi connectivity index (χ1) is 15.9. The van der Waals surface area contributed by atoms with Gasteiger partial charge in [0.2, 0.25) is 0 Å². The van der Waals surface area contributed by atoms with E-state index in [-0.39, 0.29) is 10.8 Å². The van der Waals surface area contributed by atoms with Crippen LogP contribution in [-0.2, 0) is 10.0 Å². The van der Waals surface area contributed by atoms with Gasteiger partial charge in [-0.3, -0.25) is 9.52 Å². The first-order valence-corrected chi connectivity index (χ1v) is 11.7. The molecule has 0 aromatic heterocycles. The third kappa shape index (κ3) is 5.39. The van der Waals surface area contributed by atoms with Crippen LogP contribution < -0.4 is 14.8 Å². The number of rotatable bonds is 7.